The van der Waals surface area contributed by atoms with E-state index in [2.05, 4.69) is 5.32 Å². The average Bonchev–Trinajstić information content (AvgIpc) is 3.08. The van der Waals surface area contributed by atoms with Crippen molar-refractivity contribution in [3.63, 3.8) is 0 Å². The van der Waals surface area contributed by atoms with E-state index in [0.717, 1.165) is 10.5 Å². The Bertz CT molecular complexity index is 1160. The lowest BCUT2D eigenvalue weighted by molar-refractivity contribution is -0.121. The zero-order valence-electron chi connectivity index (χ0n) is 17.7. The number of rotatable bonds is 6. The number of nitrogens with one attached hydrogen (secondary N) is 1. The topological polar surface area (TPSA) is 75.7 Å². The first-order valence-corrected chi connectivity index (χ1v) is 11.0. The van der Waals surface area contributed by atoms with Gasteiger partial charge in [-0.05, 0) is 67.1 Å². The van der Waals surface area contributed by atoms with E-state index in [4.69, 9.17) is 4.74 Å². The molecule has 1 unspecified atom stereocenters. The Morgan fingerprint density at radius 1 is 1.00 bits per heavy atom. The first-order chi connectivity index (χ1) is 15.5. The van der Waals surface area contributed by atoms with E-state index in [9.17, 15) is 14.4 Å². The van der Waals surface area contributed by atoms with Crippen LogP contribution in [0.2, 0.25) is 0 Å². The van der Waals surface area contributed by atoms with Crippen molar-refractivity contribution in [3.8, 4) is 5.75 Å². The van der Waals surface area contributed by atoms with E-state index >= 15 is 0 Å². The van der Waals surface area contributed by atoms with E-state index in [1.54, 1.807) is 49.6 Å². The first-order valence-electron chi connectivity index (χ1n) is 10.1. The Labute approximate surface area is 190 Å². The van der Waals surface area contributed by atoms with Gasteiger partial charge >= 0.3 is 0 Å². The minimum absolute atomic E-state index is 0.140. The highest BCUT2D eigenvalue weighted by Crippen LogP contribution is 2.34. The van der Waals surface area contributed by atoms with Gasteiger partial charge in [0.2, 0.25) is 11.8 Å². The van der Waals surface area contributed by atoms with Gasteiger partial charge in [-0.2, -0.15) is 0 Å². The van der Waals surface area contributed by atoms with E-state index in [1.807, 2.05) is 37.3 Å². The van der Waals surface area contributed by atoms with Crippen LogP contribution >= 0.6 is 11.8 Å². The number of hydrogen-bond donors (Lipinski definition) is 1. The Balaban J connectivity index is 1.41. The van der Waals surface area contributed by atoms with Crippen LogP contribution in [-0.4, -0.2) is 30.1 Å². The van der Waals surface area contributed by atoms with E-state index < -0.39 is 5.25 Å². The number of imide groups is 1. The Hall–Kier alpha value is -3.58. The highest BCUT2D eigenvalue weighted by molar-refractivity contribution is 8.00. The van der Waals surface area contributed by atoms with Crippen LogP contribution in [0.3, 0.4) is 0 Å². The largest absolute Gasteiger partial charge is 0.497 e. The summed E-state index contributed by atoms with van der Waals surface area (Å²) in [5.41, 5.74) is 2.73. The minimum Gasteiger partial charge on any atom is -0.497 e. The fourth-order valence-corrected chi connectivity index (χ4v) is 4.56. The van der Waals surface area contributed by atoms with Crippen molar-refractivity contribution in [1.29, 1.82) is 0 Å². The van der Waals surface area contributed by atoms with Gasteiger partial charge in [0.05, 0.1) is 18.0 Å². The number of hydrogen-bond acceptors (Lipinski definition) is 5. The molecule has 0 aromatic heterocycles. The predicted molar refractivity (Wildman–Crippen MR) is 125 cm³/mol. The van der Waals surface area contributed by atoms with Crippen LogP contribution in [0.25, 0.3) is 0 Å². The molecule has 1 N–H and O–H groups in total. The van der Waals surface area contributed by atoms with Gasteiger partial charge in [-0.25, -0.2) is 4.90 Å². The van der Waals surface area contributed by atoms with Gasteiger partial charge in [-0.15, -0.1) is 11.8 Å². The van der Waals surface area contributed by atoms with Gasteiger partial charge in [0.15, 0.2) is 0 Å². The summed E-state index contributed by atoms with van der Waals surface area (Å²) in [5, 5.41) is 2.40. The molecule has 3 amide bonds. The van der Waals surface area contributed by atoms with Gasteiger partial charge < -0.3 is 10.1 Å². The molecule has 4 rings (SSSR count). The molecule has 0 aliphatic carbocycles. The fourth-order valence-electron chi connectivity index (χ4n) is 3.51. The summed E-state index contributed by atoms with van der Waals surface area (Å²) in [6, 6.07) is 21.5. The molecule has 32 heavy (non-hydrogen) atoms. The molecule has 1 atom stereocenters. The van der Waals surface area contributed by atoms with Gasteiger partial charge in [0, 0.05) is 22.6 Å². The molecule has 162 valence electrons. The summed E-state index contributed by atoms with van der Waals surface area (Å²) in [6.07, 6.45) is 0.140. The van der Waals surface area contributed by atoms with Gasteiger partial charge in [-0.1, -0.05) is 18.2 Å². The van der Waals surface area contributed by atoms with Crippen molar-refractivity contribution in [2.24, 2.45) is 0 Å². The van der Waals surface area contributed by atoms with Gasteiger partial charge in [0.25, 0.3) is 5.91 Å². The molecule has 1 saturated heterocycles. The Kier molecular flexibility index (Phi) is 6.28. The molecule has 7 heteroatoms. The molecular weight excluding hydrogens is 424 g/mol. The normalized spacial score (nSPS) is 15.7. The Morgan fingerprint density at radius 3 is 2.34 bits per heavy atom. The summed E-state index contributed by atoms with van der Waals surface area (Å²) in [4.78, 5) is 39.9. The van der Waals surface area contributed by atoms with Crippen LogP contribution in [0, 0.1) is 6.92 Å². The number of ether oxygens (including phenoxy) is 1. The second-order valence-electron chi connectivity index (χ2n) is 7.37. The summed E-state index contributed by atoms with van der Waals surface area (Å²) < 4.78 is 5.13. The average molecular weight is 447 g/mol. The number of anilines is 2. The van der Waals surface area contributed by atoms with Crippen LogP contribution in [0.15, 0.2) is 77.7 Å². The van der Waals surface area contributed by atoms with Crippen LogP contribution in [0.5, 0.6) is 5.75 Å². The molecular formula is C25H22N2O4S. The van der Waals surface area contributed by atoms with E-state index in [-0.39, 0.29) is 24.1 Å². The number of benzene rings is 3. The maximum absolute atomic E-state index is 12.9. The van der Waals surface area contributed by atoms with E-state index in [0.29, 0.717) is 22.7 Å². The standard InChI is InChI=1S/C25H22N2O4S/c1-16-5-3-4-6-21(16)24(29)26-17-7-13-20(14-8-17)32-22-15-23(28)27(25(22)30)18-9-11-19(31-2)12-10-18/h3-14,22H,15H2,1-2H3,(H,26,29). The van der Waals surface area contributed by atoms with Crippen molar-refractivity contribution in [2.45, 2.75) is 23.5 Å². The SMILES string of the molecule is COc1ccc(N2C(=O)CC(Sc3ccc(NC(=O)c4ccccc4C)cc3)C2=O)cc1. The number of thioether (sulfide) groups is 1. The molecule has 0 saturated carbocycles. The summed E-state index contributed by atoms with van der Waals surface area (Å²) in [6.45, 7) is 1.89. The minimum atomic E-state index is -0.489. The molecule has 3 aromatic rings. The first kappa shape index (κ1) is 21.6. The maximum Gasteiger partial charge on any atom is 0.255 e. The van der Waals surface area contributed by atoms with Gasteiger partial charge in [0.1, 0.15) is 5.75 Å². The van der Waals surface area contributed by atoms with Crippen LogP contribution < -0.4 is 15.0 Å². The third kappa shape index (κ3) is 4.53. The van der Waals surface area contributed by atoms with Gasteiger partial charge in [-0.3, -0.25) is 14.4 Å². The van der Waals surface area contributed by atoms with Crippen molar-refractivity contribution in [3.05, 3.63) is 83.9 Å². The van der Waals surface area contributed by atoms with Crippen molar-refractivity contribution in [1.82, 2.24) is 0 Å². The van der Waals surface area contributed by atoms with Crippen LogP contribution in [0.4, 0.5) is 11.4 Å². The lowest BCUT2D eigenvalue weighted by atomic mass is 10.1. The second-order valence-corrected chi connectivity index (χ2v) is 8.65. The molecule has 0 spiro atoms. The molecule has 1 aliphatic heterocycles. The molecule has 3 aromatic carbocycles. The third-order valence-corrected chi connectivity index (χ3v) is 6.41. The number of methoxy groups -OCH3 is 1. The third-order valence-electron chi connectivity index (χ3n) is 5.22. The highest BCUT2D eigenvalue weighted by Gasteiger charge is 2.40. The maximum atomic E-state index is 12.9. The van der Waals surface area contributed by atoms with Crippen molar-refractivity contribution >= 4 is 40.9 Å². The van der Waals surface area contributed by atoms with Crippen molar-refractivity contribution < 1.29 is 19.1 Å². The van der Waals surface area contributed by atoms with Crippen LogP contribution in [-0.2, 0) is 9.59 Å². The molecule has 1 fully saturated rings. The number of carbonyl (C=O) groups is 3. The molecule has 1 heterocycles. The quantitative estimate of drug-likeness (QED) is 0.557. The smallest absolute Gasteiger partial charge is 0.255 e. The highest BCUT2D eigenvalue weighted by atomic mass is 32.2. The second kappa shape index (κ2) is 9.28. The zero-order chi connectivity index (χ0) is 22.7. The number of nitrogens with zero attached hydrogens (tertiary/aromatic N) is 1. The van der Waals surface area contributed by atoms with E-state index in [1.165, 1.54) is 16.7 Å². The van der Waals surface area contributed by atoms with Crippen molar-refractivity contribution in [2.75, 3.05) is 17.3 Å². The lowest BCUT2D eigenvalue weighted by Gasteiger charge is -2.15. The number of carbonyl (C=O) groups excluding carboxylic acids is 3. The molecule has 0 bridgehead atoms. The predicted octanol–water partition coefficient (Wildman–Crippen LogP) is 4.68. The fraction of sp³-hybridized carbons (Fsp3) is 0.160. The molecule has 6 nitrogen and oxygen atoms in total. The molecule has 0 radical (unpaired) electrons. The monoisotopic (exact) mass is 446 g/mol. The Morgan fingerprint density at radius 2 is 1.69 bits per heavy atom. The number of amides is 3. The zero-order valence-corrected chi connectivity index (χ0v) is 18.5. The molecule has 1 aliphatic rings. The summed E-state index contributed by atoms with van der Waals surface area (Å²) >= 11 is 1.35. The lowest BCUT2D eigenvalue weighted by Crippen LogP contribution is -2.31. The van der Waals surface area contributed by atoms with Crippen LogP contribution in [0.1, 0.15) is 22.3 Å². The number of aryl methyl sites for hydroxylation is 1. The summed E-state index contributed by atoms with van der Waals surface area (Å²) in [7, 11) is 1.56. The summed E-state index contributed by atoms with van der Waals surface area (Å²) in [5.74, 6) is 0.0328.